The summed E-state index contributed by atoms with van der Waals surface area (Å²) in [5, 5.41) is 0.423. The Morgan fingerprint density at radius 1 is 1.38 bits per heavy atom. The first kappa shape index (κ1) is 11.3. The molecule has 2 rings (SSSR count). The van der Waals surface area contributed by atoms with E-state index in [1.165, 1.54) is 6.07 Å². The maximum Gasteiger partial charge on any atom is 0.134 e. The summed E-state index contributed by atoms with van der Waals surface area (Å²) in [4.78, 5) is 4.33. The molecule has 0 N–H and O–H groups in total. The van der Waals surface area contributed by atoms with Gasteiger partial charge in [0.2, 0.25) is 0 Å². The molecule has 0 radical (unpaired) electrons. The Kier molecular flexibility index (Phi) is 3.10. The summed E-state index contributed by atoms with van der Waals surface area (Å²) >= 11 is 6.03. The first-order chi connectivity index (χ1) is 7.61. The molecule has 84 valence electrons. The lowest BCUT2D eigenvalue weighted by Gasteiger charge is -2.12. The van der Waals surface area contributed by atoms with Crippen LogP contribution in [0.15, 0.2) is 34.8 Å². The van der Waals surface area contributed by atoms with Crippen LogP contribution in [0.3, 0.4) is 0 Å². The third-order valence-corrected chi connectivity index (χ3v) is 2.97. The smallest absolute Gasteiger partial charge is 0.134 e. The maximum atomic E-state index is 13.7. The van der Waals surface area contributed by atoms with E-state index in [1.807, 2.05) is 6.08 Å². The molecule has 1 heterocycles. The van der Waals surface area contributed by atoms with Gasteiger partial charge >= 0.3 is 0 Å². The van der Waals surface area contributed by atoms with Crippen molar-refractivity contribution in [3.8, 4) is 0 Å². The van der Waals surface area contributed by atoms with Crippen LogP contribution < -0.4 is 0 Å². The largest absolute Gasteiger partial charge is 0.280 e. The second kappa shape index (κ2) is 4.38. The van der Waals surface area contributed by atoms with Crippen molar-refractivity contribution in [2.24, 2.45) is 10.9 Å². The van der Waals surface area contributed by atoms with Crippen LogP contribution in [0.1, 0.15) is 19.4 Å². The van der Waals surface area contributed by atoms with E-state index in [0.717, 1.165) is 5.57 Å². The van der Waals surface area contributed by atoms with Gasteiger partial charge in [-0.05, 0) is 23.6 Å². The van der Waals surface area contributed by atoms with Crippen LogP contribution in [0.4, 0.5) is 4.39 Å². The van der Waals surface area contributed by atoms with E-state index in [9.17, 15) is 4.39 Å². The third kappa shape index (κ3) is 1.90. The molecule has 3 heteroatoms. The Morgan fingerprint density at radius 3 is 2.75 bits per heavy atom. The molecule has 0 saturated carbocycles. The number of rotatable bonds is 2. The van der Waals surface area contributed by atoms with Crippen molar-refractivity contribution in [1.29, 1.82) is 0 Å². The normalized spacial score (nSPS) is 15.3. The first-order valence-electron chi connectivity index (χ1n) is 5.30. The summed E-state index contributed by atoms with van der Waals surface area (Å²) in [5.41, 5.74) is 2.21. The van der Waals surface area contributed by atoms with Crippen LogP contribution in [0.25, 0.3) is 0 Å². The fraction of sp³-hybridized carbons (Fsp3) is 0.308. The molecule has 0 fully saturated rings. The fourth-order valence-electron chi connectivity index (χ4n) is 1.88. The molecule has 0 amide bonds. The predicted molar refractivity (Wildman–Crippen MR) is 65.7 cm³/mol. The second-order valence-electron chi connectivity index (χ2n) is 4.10. The minimum atomic E-state index is -0.306. The monoisotopic (exact) mass is 237 g/mol. The van der Waals surface area contributed by atoms with Gasteiger partial charge in [-0.3, -0.25) is 4.99 Å². The molecule has 0 unspecified atom stereocenters. The van der Waals surface area contributed by atoms with Crippen LogP contribution in [-0.2, 0) is 0 Å². The van der Waals surface area contributed by atoms with Crippen molar-refractivity contribution in [3.05, 3.63) is 46.3 Å². The highest BCUT2D eigenvalue weighted by atomic mass is 35.5. The fourth-order valence-corrected chi connectivity index (χ4v) is 2.13. The van der Waals surface area contributed by atoms with E-state index in [2.05, 4.69) is 18.8 Å². The van der Waals surface area contributed by atoms with Crippen molar-refractivity contribution in [2.75, 3.05) is 6.54 Å². The lowest BCUT2D eigenvalue weighted by Crippen LogP contribution is -2.10. The van der Waals surface area contributed by atoms with Gasteiger partial charge in [-0.1, -0.05) is 37.6 Å². The minimum Gasteiger partial charge on any atom is -0.280 e. The number of hydrogen-bond donors (Lipinski definition) is 0. The van der Waals surface area contributed by atoms with Gasteiger partial charge in [0.1, 0.15) is 5.82 Å². The molecule has 0 saturated heterocycles. The van der Waals surface area contributed by atoms with Crippen molar-refractivity contribution in [2.45, 2.75) is 13.8 Å². The molecule has 0 atom stereocenters. The minimum absolute atomic E-state index is 0.306. The zero-order valence-electron chi connectivity index (χ0n) is 9.30. The number of allylic oxidation sites excluding steroid dienone is 1. The van der Waals surface area contributed by atoms with E-state index < -0.39 is 0 Å². The van der Waals surface area contributed by atoms with Crippen LogP contribution in [0.5, 0.6) is 0 Å². The van der Waals surface area contributed by atoms with Crippen LogP contribution in [0.2, 0.25) is 5.02 Å². The number of aliphatic imine (C=N–C) groups is 1. The molecule has 1 aromatic rings. The standard InChI is InChI=1S/C13H13ClFN/c1-8(2)9-6-7-16-13(9)12-10(14)4-3-5-11(12)15/h3-6,8H,7H2,1-2H3. The summed E-state index contributed by atoms with van der Waals surface area (Å²) in [6.07, 6.45) is 2.03. The lowest BCUT2D eigenvalue weighted by atomic mass is 9.94. The molecule has 0 bridgehead atoms. The highest BCUT2D eigenvalue weighted by Gasteiger charge is 2.21. The molecular weight excluding hydrogens is 225 g/mol. The van der Waals surface area contributed by atoms with Gasteiger partial charge in [-0.25, -0.2) is 4.39 Å². The quantitative estimate of drug-likeness (QED) is 0.741. The average Bonchev–Trinajstić information content (AvgIpc) is 2.66. The van der Waals surface area contributed by atoms with Crippen molar-refractivity contribution >= 4 is 17.3 Å². The van der Waals surface area contributed by atoms with Gasteiger partial charge in [0, 0.05) is 0 Å². The van der Waals surface area contributed by atoms with E-state index in [1.54, 1.807) is 12.1 Å². The van der Waals surface area contributed by atoms with Crippen LogP contribution in [-0.4, -0.2) is 12.3 Å². The van der Waals surface area contributed by atoms with Crippen LogP contribution in [0, 0.1) is 11.7 Å². The third-order valence-electron chi connectivity index (χ3n) is 2.66. The summed E-state index contributed by atoms with van der Waals surface area (Å²) in [5.74, 6) is 0.0247. The number of hydrogen-bond acceptors (Lipinski definition) is 1. The average molecular weight is 238 g/mol. The number of benzene rings is 1. The Bertz CT molecular complexity index is 455. The molecule has 1 aromatic carbocycles. The first-order valence-corrected chi connectivity index (χ1v) is 5.68. The van der Waals surface area contributed by atoms with Crippen molar-refractivity contribution < 1.29 is 4.39 Å². The summed E-state index contributed by atoms with van der Waals surface area (Å²) in [7, 11) is 0. The summed E-state index contributed by atoms with van der Waals surface area (Å²) < 4.78 is 13.7. The SMILES string of the molecule is CC(C)C1=CCN=C1c1c(F)cccc1Cl. The number of nitrogens with zero attached hydrogens (tertiary/aromatic N) is 1. The Morgan fingerprint density at radius 2 is 2.12 bits per heavy atom. The van der Waals surface area contributed by atoms with E-state index in [4.69, 9.17) is 11.6 Å². The Hall–Kier alpha value is -1.15. The summed E-state index contributed by atoms with van der Waals surface area (Å²) in [6.45, 7) is 4.76. The Labute approximate surface area is 99.7 Å². The maximum absolute atomic E-state index is 13.7. The van der Waals surface area contributed by atoms with Crippen molar-refractivity contribution in [3.63, 3.8) is 0 Å². The topological polar surface area (TPSA) is 12.4 Å². The zero-order valence-corrected chi connectivity index (χ0v) is 10.1. The molecule has 1 aliphatic heterocycles. The lowest BCUT2D eigenvalue weighted by molar-refractivity contribution is 0.625. The van der Waals surface area contributed by atoms with Crippen LogP contribution >= 0.6 is 11.6 Å². The molecular formula is C13H13ClFN. The van der Waals surface area contributed by atoms with E-state index in [-0.39, 0.29) is 5.82 Å². The molecule has 0 spiro atoms. The van der Waals surface area contributed by atoms with Gasteiger partial charge < -0.3 is 0 Å². The van der Waals surface area contributed by atoms with Gasteiger partial charge in [0.05, 0.1) is 22.8 Å². The molecule has 1 nitrogen and oxygen atoms in total. The van der Waals surface area contributed by atoms with E-state index >= 15 is 0 Å². The molecule has 0 aromatic heterocycles. The molecule has 0 aliphatic carbocycles. The summed E-state index contributed by atoms with van der Waals surface area (Å²) in [6, 6.07) is 4.72. The molecule has 1 aliphatic rings. The highest BCUT2D eigenvalue weighted by molar-refractivity contribution is 6.35. The van der Waals surface area contributed by atoms with Gasteiger partial charge in [0.25, 0.3) is 0 Å². The van der Waals surface area contributed by atoms with Gasteiger partial charge in [0.15, 0.2) is 0 Å². The molecule has 16 heavy (non-hydrogen) atoms. The number of halogens is 2. The van der Waals surface area contributed by atoms with Gasteiger partial charge in [-0.15, -0.1) is 0 Å². The second-order valence-corrected chi connectivity index (χ2v) is 4.51. The van der Waals surface area contributed by atoms with Gasteiger partial charge in [-0.2, -0.15) is 0 Å². The Balaban J connectivity index is 2.50. The van der Waals surface area contributed by atoms with E-state index in [0.29, 0.717) is 28.8 Å². The highest BCUT2D eigenvalue weighted by Crippen LogP contribution is 2.28. The zero-order chi connectivity index (χ0) is 11.7. The van der Waals surface area contributed by atoms with Crippen molar-refractivity contribution in [1.82, 2.24) is 0 Å². The predicted octanol–water partition coefficient (Wildman–Crippen LogP) is 3.86.